The molecule has 33 heavy (non-hydrogen) atoms. The molecule has 1 amide bonds. The molecule has 3 fully saturated rings. The molecule has 0 saturated carbocycles. The summed E-state index contributed by atoms with van der Waals surface area (Å²) in [6.45, 7) is 9.60. The van der Waals surface area contributed by atoms with E-state index in [1.807, 2.05) is 39.0 Å². The number of benzene rings is 1. The minimum atomic E-state index is -0.833. The van der Waals surface area contributed by atoms with Gasteiger partial charge in [-0.25, -0.2) is 4.98 Å². The van der Waals surface area contributed by atoms with Crippen molar-refractivity contribution in [2.24, 2.45) is 11.8 Å². The summed E-state index contributed by atoms with van der Waals surface area (Å²) in [5, 5.41) is 10.6. The van der Waals surface area contributed by atoms with Crippen molar-refractivity contribution in [1.29, 1.82) is 0 Å². The van der Waals surface area contributed by atoms with Gasteiger partial charge in [-0.2, -0.15) is 0 Å². The highest BCUT2D eigenvalue weighted by atomic mass is 16.5. The largest absolute Gasteiger partial charge is 0.481 e. The number of aliphatic carboxylic acids is 1. The van der Waals surface area contributed by atoms with Crippen LogP contribution >= 0.6 is 0 Å². The molecule has 4 atom stereocenters. The Balaban J connectivity index is 0.000000601. The van der Waals surface area contributed by atoms with Gasteiger partial charge >= 0.3 is 0 Å². The number of carboxylic acids is 1. The van der Waals surface area contributed by atoms with E-state index in [1.165, 1.54) is 0 Å². The first-order chi connectivity index (χ1) is 15.7. The van der Waals surface area contributed by atoms with E-state index in [4.69, 9.17) is 14.6 Å². The molecular formula is C25H32N4O4. The number of ether oxygens (including phenoxy) is 1. The van der Waals surface area contributed by atoms with Crippen molar-refractivity contribution < 1.29 is 19.4 Å². The number of aryl methyl sites for hydroxylation is 2. The number of nitrogens with one attached hydrogen (secondary N) is 1. The van der Waals surface area contributed by atoms with E-state index in [9.17, 15) is 4.79 Å². The van der Waals surface area contributed by atoms with E-state index in [0.29, 0.717) is 18.4 Å². The van der Waals surface area contributed by atoms with Crippen LogP contribution in [0.1, 0.15) is 46.9 Å². The van der Waals surface area contributed by atoms with Gasteiger partial charge in [0, 0.05) is 56.4 Å². The van der Waals surface area contributed by atoms with E-state index in [2.05, 4.69) is 20.2 Å². The summed E-state index contributed by atoms with van der Waals surface area (Å²) in [4.78, 5) is 33.1. The molecule has 3 aliphatic heterocycles. The lowest BCUT2D eigenvalue weighted by Gasteiger charge is -2.29. The second-order valence-corrected chi connectivity index (χ2v) is 9.35. The number of carbonyl (C=O) groups excluding carboxylic acids is 1. The topological polar surface area (TPSA) is 105 Å². The molecule has 1 aromatic carbocycles. The van der Waals surface area contributed by atoms with Gasteiger partial charge in [0.15, 0.2) is 0 Å². The first kappa shape index (κ1) is 23.2. The van der Waals surface area contributed by atoms with E-state index in [-0.39, 0.29) is 17.6 Å². The third-order valence-corrected chi connectivity index (χ3v) is 7.29. The number of carboxylic acid groups (broad SMARTS) is 1. The molecule has 0 unspecified atom stereocenters. The fourth-order valence-corrected chi connectivity index (χ4v) is 5.64. The van der Waals surface area contributed by atoms with E-state index >= 15 is 0 Å². The van der Waals surface area contributed by atoms with Gasteiger partial charge < -0.3 is 20.1 Å². The number of nitrogens with zero attached hydrogens (tertiary/aromatic N) is 3. The van der Waals surface area contributed by atoms with Crippen LogP contribution in [0, 0.1) is 32.6 Å². The fourth-order valence-electron chi connectivity index (χ4n) is 5.64. The molecule has 1 spiro atoms. The Labute approximate surface area is 194 Å². The van der Waals surface area contributed by atoms with E-state index < -0.39 is 5.97 Å². The zero-order valence-electron chi connectivity index (χ0n) is 19.7. The summed E-state index contributed by atoms with van der Waals surface area (Å²) < 4.78 is 6.53. The van der Waals surface area contributed by atoms with Crippen LogP contribution in [0.25, 0.3) is 0 Å². The van der Waals surface area contributed by atoms with Crippen LogP contribution in [0.3, 0.4) is 0 Å². The van der Waals surface area contributed by atoms with Crippen LogP contribution in [-0.4, -0.2) is 58.3 Å². The summed E-state index contributed by atoms with van der Waals surface area (Å²) in [6.07, 6.45) is 5.92. The molecule has 2 N–H and O–H groups in total. The first-order valence-electron chi connectivity index (χ1n) is 11.5. The molecule has 8 nitrogen and oxygen atoms in total. The van der Waals surface area contributed by atoms with Gasteiger partial charge in [-0.3, -0.25) is 14.6 Å². The maximum absolute atomic E-state index is 12.8. The Morgan fingerprint density at radius 1 is 1.24 bits per heavy atom. The van der Waals surface area contributed by atoms with Gasteiger partial charge in [0.1, 0.15) is 5.82 Å². The molecule has 2 aromatic rings. The van der Waals surface area contributed by atoms with Crippen molar-refractivity contribution in [3.63, 3.8) is 0 Å². The van der Waals surface area contributed by atoms with E-state index in [0.717, 1.165) is 61.1 Å². The highest BCUT2D eigenvalue weighted by molar-refractivity contribution is 5.95. The van der Waals surface area contributed by atoms with Gasteiger partial charge in [0.25, 0.3) is 11.9 Å². The predicted octanol–water partition coefficient (Wildman–Crippen LogP) is 2.91. The monoisotopic (exact) mass is 452 g/mol. The maximum Gasteiger partial charge on any atom is 0.300 e. The molecule has 3 aliphatic rings. The third-order valence-electron chi connectivity index (χ3n) is 7.29. The minimum Gasteiger partial charge on any atom is -0.481 e. The number of hydrogen-bond acceptors (Lipinski definition) is 6. The lowest BCUT2D eigenvalue weighted by atomic mass is 9.73. The molecule has 0 aliphatic carbocycles. The predicted molar refractivity (Wildman–Crippen MR) is 124 cm³/mol. The number of hydrogen-bond donors (Lipinski definition) is 2. The van der Waals surface area contributed by atoms with Crippen LogP contribution in [0.15, 0.2) is 30.6 Å². The Morgan fingerprint density at radius 2 is 1.97 bits per heavy atom. The van der Waals surface area contributed by atoms with Gasteiger partial charge in [-0.15, -0.1) is 0 Å². The molecule has 4 heterocycles. The van der Waals surface area contributed by atoms with Crippen molar-refractivity contribution in [3.05, 3.63) is 53.0 Å². The smallest absolute Gasteiger partial charge is 0.300 e. The fraction of sp³-hybridized carbons (Fsp3) is 0.520. The number of fused-ring (bicyclic) bond motifs is 1. The SMILES string of the molecule is CC(=O)O.Cc1cccc(C(=O)NC[C@H]2[C@H]3CN(c4nccnc4C)C[C@]34CC[C@H]2O4)c1C. The molecule has 2 bridgehead atoms. The van der Waals surface area contributed by atoms with Crippen LogP contribution in [-0.2, 0) is 9.53 Å². The lowest BCUT2D eigenvalue weighted by molar-refractivity contribution is -0.134. The van der Waals surface area contributed by atoms with Crippen molar-refractivity contribution >= 4 is 17.7 Å². The number of aromatic nitrogens is 2. The summed E-state index contributed by atoms with van der Waals surface area (Å²) >= 11 is 0. The van der Waals surface area contributed by atoms with Crippen LogP contribution in [0.2, 0.25) is 0 Å². The molecule has 1 aromatic heterocycles. The van der Waals surface area contributed by atoms with Crippen LogP contribution < -0.4 is 10.2 Å². The molecule has 3 saturated heterocycles. The number of amides is 1. The first-order valence-corrected chi connectivity index (χ1v) is 11.5. The van der Waals surface area contributed by atoms with Crippen molar-refractivity contribution in [2.45, 2.75) is 52.2 Å². The summed E-state index contributed by atoms with van der Waals surface area (Å²) in [7, 11) is 0. The molecule has 5 rings (SSSR count). The summed E-state index contributed by atoms with van der Waals surface area (Å²) in [5.74, 6) is 0.908. The number of rotatable bonds is 4. The number of anilines is 1. The van der Waals surface area contributed by atoms with Crippen molar-refractivity contribution in [1.82, 2.24) is 15.3 Å². The normalized spacial score (nSPS) is 27.0. The second-order valence-electron chi connectivity index (χ2n) is 9.35. The quantitative estimate of drug-likeness (QED) is 0.735. The third kappa shape index (κ3) is 4.44. The van der Waals surface area contributed by atoms with Gasteiger partial charge in [0.2, 0.25) is 0 Å². The minimum absolute atomic E-state index is 0.0163. The van der Waals surface area contributed by atoms with Gasteiger partial charge in [-0.1, -0.05) is 12.1 Å². The highest BCUT2D eigenvalue weighted by Gasteiger charge is 2.63. The van der Waals surface area contributed by atoms with Crippen molar-refractivity contribution in [3.8, 4) is 0 Å². The summed E-state index contributed by atoms with van der Waals surface area (Å²) in [6, 6.07) is 5.90. The lowest BCUT2D eigenvalue weighted by Crippen LogP contribution is -2.42. The Morgan fingerprint density at radius 3 is 2.70 bits per heavy atom. The molecule has 176 valence electrons. The Hall–Kier alpha value is -3.00. The second kappa shape index (κ2) is 9.09. The zero-order valence-corrected chi connectivity index (χ0v) is 19.7. The zero-order chi connectivity index (χ0) is 23.8. The average molecular weight is 453 g/mol. The Kier molecular flexibility index (Phi) is 6.38. The average Bonchev–Trinajstić information content (AvgIpc) is 3.42. The van der Waals surface area contributed by atoms with Crippen molar-refractivity contribution in [2.75, 3.05) is 24.5 Å². The van der Waals surface area contributed by atoms with Crippen LogP contribution in [0.4, 0.5) is 5.82 Å². The Bertz CT molecular complexity index is 1050. The molecule has 0 radical (unpaired) electrons. The summed E-state index contributed by atoms with van der Waals surface area (Å²) in [5.41, 5.74) is 3.83. The van der Waals surface area contributed by atoms with Crippen LogP contribution in [0.5, 0.6) is 0 Å². The van der Waals surface area contributed by atoms with E-state index in [1.54, 1.807) is 12.4 Å². The van der Waals surface area contributed by atoms with Gasteiger partial charge in [0.05, 0.1) is 17.4 Å². The maximum atomic E-state index is 12.8. The highest BCUT2D eigenvalue weighted by Crippen LogP contribution is 2.55. The number of carbonyl (C=O) groups is 2. The molecular weight excluding hydrogens is 420 g/mol. The molecule has 8 heteroatoms. The van der Waals surface area contributed by atoms with Gasteiger partial charge in [-0.05, 0) is 50.8 Å². The standard InChI is InChI=1S/C23H28N4O2.C2H4O2/c1-14-5-4-6-17(15(14)2)22(28)26-11-18-19-12-27(21-16(3)24-9-10-25-21)13-23(19)8-7-20(18)29-23;1-2(3)4/h4-6,9-10,18-20H,7-8,11-13H2,1-3H3,(H,26,28);1H3,(H,3,4)/t18-,19+,20+,23+;/m0./s1.